The molecule has 7 heteroatoms. The van der Waals surface area contributed by atoms with Crippen LogP contribution in [0.2, 0.25) is 0 Å². The third kappa shape index (κ3) is 5.20. The maximum atomic E-state index is 13.7. The summed E-state index contributed by atoms with van der Waals surface area (Å²) in [6.07, 6.45) is -4.42. The van der Waals surface area contributed by atoms with Gasteiger partial charge in [0.1, 0.15) is 0 Å². The second-order valence-corrected chi connectivity index (χ2v) is 11.0. The van der Waals surface area contributed by atoms with Gasteiger partial charge in [-0.15, -0.1) is 0 Å². The first-order valence-corrected chi connectivity index (χ1v) is 13.3. The quantitative estimate of drug-likeness (QED) is 0.283. The fourth-order valence-corrected chi connectivity index (χ4v) is 6.00. The first-order chi connectivity index (χ1) is 18.1. The van der Waals surface area contributed by atoms with E-state index >= 15 is 0 Å². The van der Waals surface area contributed by atoms with E-state index < -0.39 is 23.1 Å². The molecule has 1 N–H and O–H groups in total. The van der Waals surface area contributed by atoms with Crippen LogP contribution < -0.4 is 5.32 Å². The number of halogens is 3. The number of amidine groups is 1. The molecule has 5 rings (SSSR count). The number of rotatable bonds is 5. The Balaban J connectivity index is 1.42. The molecule has 3 nitrogen and oxygen atoms in total. The average Bonchev–Trinajstić information content (AvgIpc) is 3.37. The molecule has 4 aromatic rings. The number of nitrogens with one attached hydrogen (secondary N) is 1. The van der Waals surface area contributed by atoms with E-state index in [1.165, 1.54) is 23.9 Å². The number of fused-ring (bicyclic) bond motifs is 1. The van der Waals surface area contributed by atoms with Gasteiger partial charge in [-0.2, -0.15) is 13.2 Å². The Morgan fingerprint density at radius 1 is 0.868 bits per heavy atom. The summed E-state index contributed by atoms with van der Waals surface area (Å²) in [5.74, 6) is 0.00773. The second-order valence-electron chi connectivity index (χ2n) is 9.97. The summed E-state index contributed by atoms with van der Waals surface area (Å²) in [5.41, 5.74) is 0.903. The number of carbonyl (C=O) groups is 1. The van der Waals surface area contributed by atoms with Crippen LogP contribution in [0, 0.1) is 5.41 Å². The van der Waals surface area contributed by atoms with Crippen LogP contribution in [0.1, 0.15) is 48.1 Å². The summed E-state index contributed by atoms with van der Waals surface area (Å²) in [5, 5.41) is 5.86. The lowest BCUT2D eigenvalue weighted by molar-refractivity contribution is -0.137. The first-order valence-electron chi connectivity index (χ1n) is 12.4. The first kappa shape index (κ1) is 26.0. The molecule has 1 heterocycles. The van der Waals surface area contributed by atoms with Crippen LogP contribution in [0.3, 0.4) is 0 Å². The molecule has 0 aliphatic carbocycles. The van der Waals surface area contributed by atoms with Gasteiger partial charge in [-0.25, -0.2) is 0 Å². The van der Waals surface area contributed by atoms with Gasteiger partial charge in [0.15, 0.2) is 5.17 Å². The Bertz CT molecular complexity index is 1480. The highest BCUT2D eigenvalue weighted by molar-refractivity contribution is 8.14. The highest BCUT2D eigenvalue weighted by Crippen LogP contribution is 2.43. The molecule has 1 aliphatic rings. The van der Waals surface area contributed by atoms with Crippen LogP contribution in [0.4, 0.5) is 13.2 Å². The van der Waals surface area contributed by atoms with Gasteiger partial charge in [-0.3, -0.25) is 9.79 Å². The lowest BCUT2D eigenvalue weighted by Crippen LogP contribution is -2.43. The molecule has 194 valence electrons. The predicted octanol–water partition coefficient (Wildman–Crippen LogP) is 7.98. The zero-order valence-corrected chi connectivity index (χ0v) is 21.8. The van der Waals surface area contributed by atoms with Gasteiger partial charge in [0.25, 0.3) is 0 Å². The van der Waals surface area contributed by atoms with Crippen LogP contribution >= 0.6 is 11.8 Å². The summed E-state index contributed by atoms with van der Waals surface area (Å²) in [4.78, 5) is 18.5. The molecule has 0 saturated heterocycles. The Hall–Kier alpha value is -3.58. The average molecular weight is 533 g/mol. The summed E-state index contributed by atoms with van der Waals surface area (Å²) in [6.45, 7) is 3.64. The van der Waals surface area contributed by atoms with E-state index in [2.05, 4.69) is 29.6 Å². The summed E-state index contributed by atoms with van der Waals surface area (Å²) in [6, 6.07) is 28.7. The SMILES string of the molecule is CC(C)(C(=O)NC1=NC(c2cccc3ccccc23)CS1)C(c1ccccc1)c1ccc(C(F)(F)F)cc1. The van der Waals surface area contributed by atoms with Crippen molar-refractivity contribution >= 4 is 33.6 Å². The van der Waals surface area contributed by atoms with Gasteiger partial charge in [0, 0.05) is 11.7 Å². The van der Waals surface area contributed by atoms with E-state index in [0.29, 0.717) is 16.5 Å². The zero-order chi connectivity index (χ0) is 26.9. The molecule has 0 radical (unpaired) electrons. The Kier molecular flexibility index (Phi) is 7.05. The lowest BCUT2D eigenvalue weighted by Gasteiger charge is -2.34. The van der Waals surface area contributed by atoms with E-state index in [1.54, 1.807) is 0 Å². The number of thioether (sulfide) groups is 1. The van der Waals surface area contributed by atoms with Crippen molar-refractivity contribution in [3.8, 4) is 0 Å². The molecule has 0 fully saturated rings. The van der Waals surface area contributed by atoms with Gasteiger partial charge in [-0.05, 0) is 39.6 Å². The van der Waals surface area contributed by atoms with Crippen molar-refractivity contribution in [1.82, 2.24) is 5.32 Å². The highest BCUT2D eigenvalue weighted by atomic mass is 32.2. The molecule has 0 bridgehead atoms. The van der Waals surface area contributed by atoms with Crippen LogP contribution in [0.15, 0.2) is 102 Å². The number of carbonyl (C=O) groups excluding carboxylic acids is 1. The molecule has 2 atom stereocenters. The largest absolute Gasteiger partial charge is 0.416 e. The molecule has 4 aromatic carbocycles. The smallest absolute Gasteiger partial charge is 0.305 e. The van der Waals surface area contributed by atoms with E-state index in [-0.39, 0.29) is 11.9 Å². The fraction of sp³-hybridized carbons (Fsp3) is 0.226. The van der Waals surface area contributed by atoms with Crippen molar-refractivity contribution in [2.24, 2.45) is 10.4 Å². The van der Waals surface area contributed by atoms with E-state index in [4.69, 9.17) is 4.99 Å². The number of amides is 1. The van der Waals surface area contributed by atoms with Crippen LogP contribution in [0.5, 0.6) is 0 Å². The van der Waals surface area contributed by atoms with Gasteiger partial charge < -0.3 is 5.32 Å². The minimum atomic E-state index is -4.42. The molecular weight excluding hydrogens is 505 g/mol. The van der Waals surface area contributed by atoms with Crippen molar-refractivity contribution < 1.29 is 18.0 Å². The standard InChI is InChI=1S/C31H27F3N2OS/c1-30(2,27(21-10-4-3-5-11-21)22-15-17-23(18-16-22)31(32,33)34)28(37)36-29-35-26(19-38-29)25-14-8-12-20-9-6-7-13-24(20)25/h3-18,26-27H,19H2,1-2H3,(H,35,36,37). The topological polar surface area (TPSA) is 41.5 Å². The number of alkyl halides is 3. The minimum Gasteiger partial charge on any atom is -0.305 e. The van der Waals surface area contributed by atoms with E-state index in [9.17, 15) is 18.0 Å². The van der Waals surface area contributed by atoms with Crippen molar-refractivity contribution in [3.05, 3.63) is 119 Å². The Labute approximate surface area is 224 Å². The number of aliphatic imine (C=N–C) groups is 1. The van der Waals surface area contributed by atoms with Crippen LogP contribution in [-0.4, -0.2) is 16.8 Å². The van der Waals surface area contributed by atoms with E-state index in [1.807, 2.05) is 62.4 Å². The van der Waals surface area contributed by atoms with Crippen molar-refractivity contribution in [2.75, 3.05) is 5.75 Å². The van der Waals surface area contributed by atoms with Crippen LogP contribution in [0.25, 0.3) is 10.8 Å². The molecule has 0 spiro atoms. The third-order valence-electron chi connectivity index (χ3n) is 7.06. The van der Waals surface area contributed by atoms with Crippen molar-refractivity contribution in [2.45, 2.75) is 32.0 Å². The zero-order valence-electron chi connectivity index (χ0n) is 21.0. The number of hydrogen-bond donors (Lipinski definition) is 1. The minimum absolute atomic E-state index is 0.0793. The van der Waals surface area contributed by atoms with E-state index in [0.717, 1.165) is 34.0 Å². The molecular formula is C31H27F3N2OS. The number of nitrogens with zero attached hydrogens (tertiary/aromatic N) is 1. The maximum absolute atomic E-state index is 13.7. The molecule has 1 amide bonds. The molecule has 2 unspecified atom stereocenters. The molecule has 0 aromatic heterocycles. The summed E-state index contributed by atoms with van der Waals surface area (Å²) < 4.78 is 39.6. The van der Waals surface area contributed by atoms with Crippen molar-refractivity contribution in [3.63, 3.8) is 0 Å². The Morgan fingerprint density at radius 3 is 2.21 bits per heavy atom. The van der Waals surface area contributed by atoms with Gasteiger partial charge in [0.2, 0.25) is 5.91 Å². The predicted molar refractivity (Wildman–Crippen MR) is 148 cm³/mol. The highest BCUT2D eigenvalue weighted by Gasteiger charge is 2.40. The van der Waals surface area contributed by atoms with Gasteiger partial charge in [-0.1, -0.05) is 111 Å². The fourth-order valence-electron chi connectivity index (χ4n) is 5.07. The molecule has 38 heavy (non-hydrogen) atoms. The normalized spacial score (nSPS) is 16.8. The molecule has 0 saturated carbocycles. The van der Waals surface area contributed by atoms with Gasteiger partial charge in [0.05, 0.1) is 17.0 Å². The Morgan fingerprint density at radius 2 is 1.50 bits per heavy atom. The lowest BCUT2D eigenvalue weighted by atomic mass is 9.70. The second kappa shape index (κ2) is 10.3. The molecule has 1 aliphatic heterocycles. The van der Waals surface area contributed by atoms with Gasteiger partial charge >= 0.3 is 6.18 Å². The number of hydrogen-bond acceptors (Lipinski definition) is 3. The van der Waals surface area contributed by atoms with Crippen LogP contribution in [-0.2, 0) is 11.0 Å². The third-order valence-corrected chi connectivity index (χ3v) is 8.03. The maximum Gasteiger partial charge on any atom is 0.416 e. The summed E-state index contributed by atoms with van der Waals surface area (Å²) in [7, 11) is 0. The van der Waals surface area contributed by atoms with Crippen molar-refractivity contribution in [1.29, 1.82) is 0 Å². The summed E-state index contributed by atoms with van der Waals surface area (Å²) >= 11 is 1.50. The monoisotopic (exact) mass is 532 g/mol. The number of benzene rings is 4.